The molecule has 0 radical (unpaired) electrons. The lowest BCUT2D eigenvalue weighted by atomic mass is 10.1. The quantitative estimate of drug-likeness (QED) is 0.900. The van der Waals surface area contributed by atoms with Gasteiger partial charge in [-0.2, -0.15) is 0 Å². The zero-order valence-corrected chi connectivity index (χ0v) is 14.2. The number of methoxy groups -OCH3 is 2. The summed E-state index contributed by atoms with van der Waals surface area (Å²) in [4.78, 5) is 0.0641. The molecule has 3 rings (SSSR count). The number of fused-ring (bicyclic) bond motifs is 1. The molecule has 0 fully saturated rings. The summed E-state index contributed by atoms with van der Waals surface area (Å²) in [5.74, 6) is 0.474. The van der Waals surface area contributed by atoms with E-state index in [-0.39, 0.29) is 16.8 Å². The number of benzene rings is 2. The molecule has 1 N–H and O–H groups in total. The van der Waals surface area contributed by atoms with Gasteiger partial charge in [0.15, 0.2) is 0 Å². The van der Waals surface area contributed by atoms with E-state index in [2.05, 4.69) is 4.72 Å². The molecule has 128 valence electrons. The van der Waals surface area contributed by atoms with Gasteiger partial charge >= 0.3 is 0 Å². The van der Waals surface area contributed by atoms with Crippen molar-refractivity contribution >= 4 is 10.0 Å². The second-order valence-electron chi connectivity index (χ2n) is 5.60. The molecule has 0 saturated carbocycles. The van der Waals surface area contributed by atoms with E-state index in [0.29, 0.717) is 24.3 Å². The van der Waals surface area contributed by atoms with Crippen molar-refractivity contribution in [3.05, 3.63) is 53.3 Å². The fourth-order valence-corrected chi connectivity index (χ4v) is 4.20. The number of ether oxygens (including phenoxy) is 2. The van der Waals surface area contributed by atoms with Crippen LogP contribution < -0.4 is 14.2 Å². The van der Waals surface area contributed by atoms with Crippen molar-refractivity contribution in [2.24, 2.45) is 0 Å². The molecule has 0 saturated heterocycles. The summed E-state index contributed by atoms with van der Waals surface area (Å²) in [6, 6.07) is 8.54. The highest BCUT2D eigenvalue weighted by Gasteiger charge is 2.28. The molecule has 1 atom stereocenters. The van der Waals surface area contributed by atoms with Crippen molar-refractivity contribution in [2.45, 2.75) is 23.8 Å². The average Bonchev–Trinajstić information content (AvgIpc) is 2.95. The zero-order valence-electron chi connectivity index (χ0n) is 13.4. The standard InChI is InChI=1S/C17H18FNO4S/c1-22-13-8-14(23-2)10-15(9-13)24(20,21)19-17-6-3-11-7-12(18)4-5-16(11)17/h4-5,7-10,17,19H,3,6H2,1-2H3. The Hall–Kier alpha value is -2.12. The summed E-state index contributed by atoms with van der Waals surface area (Å²) in [6.07, 6.45) is 1.24. The third-order valence-corrected chi connectivity index (χ3v) is 5.57. The molecule has 1 aliphatic rings. The third-order valence-electron chi connectivity index (χ3n) is 4.12. The number of sulfonamides is 1. The summed E-state index contributed by atoms with van der Waals surface area (Å²) in [5, 5.41) is 0. The van der Waals surface area contributed by atoms with Crippen LogP contribution in [0.1, 0.15) is 23.6 Å². The summed E-state index contributed by atoms with van der Waals surface area (Å²) in [7, 11) is -0.848. The first-order chi connectivity index (χ1) is 11.4. The van der Waals surface area contributed by atoms with Crippen molar-refractivity contribution in [2.75, 3.05) is 14.2 Å². The van der Waals surface area contributed by atoms with Gasteiger partial charge in [-0.1, -0.05) is 6.07 Å². The van der Waals surface area contributed by atoms with E-state index in [1.807, 2.05) is 0 Å². The van der Waals surface area contributed by atoms with Crippen LogP contribution >= 0.6 is 0 Å². The number of halogens is 1. The Bertz CT molecular complexity index is 845. The van der Waals surface area contributed by atoms with Gasteiger partial charge in [-0.25, -0.2) is 17.5 Å². The second-order valence-corrected chi connectivity index (χ2v) is 7.32. The molecule has 24 heavy (non-hydrogen) atoms. The Balaban J connectivity index is 1.91. The van der Waals surface area contributed by atoms with Crippen LogP contribution in [0.3, 0.4) is 0 Å². The van der Waals surface area contributed by atoms with E-state index >= 15 is 0 Å². The predicted molar refractivity (Wildman–Crippen MR) is 87.3 cm³/mol. The lowest BCUT2D eigenvalue weighted by molar-refractivity contribution is 0.392. The monoisotopic (exact) mass is 351 g/mol. The minimum atomic E-state index is -3.77. The van der Waals surface area contributed by atoms with E-state index in [4.69, 9.17) is 9.47 Å². The molecule has 2 aromatic rings. The van der Waals surface area contributed by atoms with Crippen LogP contribution in [0.15, 0.2) is 41.3 Å². The highest BCUT2D eigenvalue weighted by atomic mass is 32.2. The molecule has 0 aliphatic heterocycles. The van der Waals surface area contributed by atoms with Gasteiger partial charge in [0.25, 0.3) is 0 Å². The number of hydrogen-bond donors (Lipinski definition) is 1. The largest absolute Gasteiger partial charge is 0.497 e. The SMILES string of the molecule is COc1cc(OC)cc(S(=O)(=O)NC2CCc3cc(F)ccc32)c1. The second kappa shape index (κ2) is 6.41. The smallest absolute Gasteiger partial charge is 0.241 e. The molecule has 0 aromatic heterocycles. The van der Waals surface area contributed by atoms with Gasteiger partial charge in [-0.15, -0.1) is 0 Å². The maximum Gasteiger partial charge on any atom is 0.241 e. The van der Waals surface area contributed by atoms with Gasteiger partial charge < -0.3 is 9.47 Å². The molecule has 0 spiro atoms. The summed E-state index contributed by atoms with van der Waals surface area (Å²) in [5.41, 5.74) is 1.65. The lowest BCUT2D eigenvalue weighted by Crippen LogP contribution is -2.27. The fourth-order valence-electron chi connectivity index (χ4n) is 2.90. The summed E-state index contributed by atoms with van der Waals surface area (Å²) >= 11 is 0. The van der Waals surface area contributed by atoms with Gasteiger partial charge in [-0.3, -0.25) is 0 Å². The first kappa shape index (κ1) is 16.7. The Morgan fingerprint density at radius 2 is 1.75 bits per heavy atom. The minimum Gasteiger partial charge on any atom is -0.497 e. The third kappa shape index (κ3) is 3.22. The molecular formula is C17H18FNO4S. The highest BCUT2D eigenvalue weighted by Crippen LogP contribution is 2.33. The lowest BCUT2D eigenvalue weighted by Gasteiger charge is -2.15. The van der Waals surface area contributed by atoms with Crippen LogP contribution in [0.2, 0.25) is 0 Å². The highest BCUT2D eigenvalue weighted by molar-refractivity contribution is 7.89. The zero-order chi connectivity index (χ0) is 17.3. The normalized spacial score (nSPS) is 16.7. The van der Waals surface area contributed by atoms with Crippen molar-refractivity contribution in [1.82, 2.24) is 4.72 Å². The van der Waals surface area contributed by atoms with Gasteiger partial charge in [0.05, 0.1) is 19.1 Å². The van der Waals surface area contributed by atoms with E-state index in [9.17, 15) is 12.8 Å². The van der Waals surface area contributed by atoms with Crippen molar-refractivity contribution in [3.8, 4) is 11.5 Å². The molecule has 5 nitrogen and oxygen atoms in total. The molecular weight excluding hydrogens is 333 g/mol. The Morgan fingerprint density at radius 1 is 1.08 bits per heavy atom. The fraction of sp³-hybridized carbons (Fsp3) is 0.294. The molecule has 2 aromatic carbocycles. The van der Waals surface area contributed by atoms with Crippen LogP contribution in [-0.2, 0) is 16.4 Å². The van der Waals surface area contributed by atoms with Gasteiger partial charge in [0, 0.05) is 24.2 Å². The van der Waals surface area contributed by atoms with Crippen molar-refractivity contribution < 1.29 is 22.3 Å². The van der Waals surface area contributed by atoms with E-state index in [1.54, 1.807) is 12.1 Å². The minimum absolute atomic E-state index is 0.0641. The van der Waals surface area contributed by atoms with Crippen LogP contribution in [0.25, 0.3) is 0 Å². The van der Waals surface area contributed by atoms with Crippen LogP contribution in [-0.4, -0.2) is 22.6 Å². The molecule has 1 unspecified atom stereocenters. The number of hydrogen-bond acceptors (Lipinski definition) is 4. The van der Waals surface area contributed by atoms with Gasteiger partial charge in [0.1, 0.15) is 17.3 Å². The average molecular weight is 351 g/mol. The first-order valence-electron chi connectivity index (χ1n) is 7.46. The number of nitrogens with one attached hydrogen (secondary N) is 1. The molecule has 0 heterocycles. The molecule has 1 aliphatic carbocycles. The van der Waals surface area contributed by atoms with Crippen LogP contribution in [0, 0.1) is 5.82 Å². The molecule has 0 amide bonds. The Kier molecular flexibility index (Phi) is 4.47. The Morgan fingerprint density at radius 3 is 2.38 bits per heavy atom. The molecule has 0 bridgehead atoms. The Labute approximate surface area is 140 Å². The number of aryl methyl sites for hydroxylation is 1. The van der Waals surface area contributed by atoms with E-state index in [0.717, 1.165) is 11.1 Å². The van der Waals surface area contributed by atoms with E-state index < -0.39 is 10.0 Å². The maximum atomic E-state index is 13.3. The van der Waals surface area contributed by atoms with Crippen molar-refractivity contribution in [1.29, 1.82) is 0 Å². The molecule has 7 heteroatoms. The summed E-state index contributed by atoms with van der Waals surface area (Å²) in [6.45, 7) is 0. The van der Waals surface area contributed by atoms with Crippen molar-refractivity contribution in [3.63, 3.8) is 0 Å². The van der Waals surface area contributed by atoms with E-state index in [1.165, 1.54) is 38.5 Å². The topological polar surface area (TPSA) is 64.6 Å². The first-order valence-corrected chi connectivity index (χ1v) is 8.95. The van der Waals surface area contributed by atoms with Crippen LogP contribution in [0.4, 0.5) is 4.39 Å². The number of rotatable bonds is 5. The van der Waals surface area contributed by atoms with Crippen LogP contribution in [0.5, 0.6) is 11.5 Å². The van der Waals surface area contributed by atoms with Gasteiger partial charge in [-0.05, 0) is 36.1 Å². The maximum absolute atomic E-state index is 13.3. The predicted octanol–water partition coefficient (Wildman–Crippen LogP) is 2.81. The van der Waals surface area contributed by atoms with Gasteiger partial charge in [0.2, 0.25) is 10.0 Å². The summed E-state index contributed by atoms with van der Waals surface area (Å²) < 4.78 is 51.6.